The topological polar surface area (TPSA) is 53.6 Å². The minimum Gasteiger partial charge on any atom is -0.495 e. The Labute approximate surface area is 150 Å². The Morgan fingerprint density at radius 2 is 1.72 bits per heavy atom. The Balaban J connectivity index is 1.82. The third-order valence-corrected chi connectivity index (χ3v) is 4.05. The Bertz CT molecular complexity index is 667. The highest BCUT2D eigenvalue weighted by molar-refractivity contribution is 5.91. The summed E-state index contributed by atoms with van der Waals surface area (Å²) in [5.74, 6) is 0.757. The molecule has 0 radical (unpaired) electrons. The van der Waals surface area contributed by atoms with Crippen molar-refractivity contribution in [2.45, 2.75) is 20.3 Å². The summed E-state index contributed by atoms with van der Waals surface area (Å²) >= 11 is 0. The molecule has 0 saturated heterocycles. The molecule has 2 rings (SSSR count). The molecule has 25 heavy (non-hydrogen) atoms. The van der Waals surface area contributed by atoms with Crippen molar-refractivity contribution < 1.29 is 9.53 Å². The normalized spacial score (nSPS) is 10.2. The summed E-state index contributed by atoms with van der Waals surface area (Å²) in [5, 5.41) is 6.16. The molecule has 0 heterocycles. The van der Waals surface area contributed by atoms with Crippen LogP contribution in [0.25, 0.3) is 0 Å². The van der Waals surface area contributed by atoms with Gasteiger partial charge in [0.2, 0.25) is 5.91 Å². The second-order valence-corrected chi connectivity index (χ2v) is 5.64. The molecule has 0 spiro atoms. The number of ether oxygens (including phenoxy) is 1. The monoisotopic (exact) mass is 341 g/mol. The van der Waals surface area contributed by atoms with E-state index in [2.05, 4.69) is 29.4 Å². The van der Waals surface area contributed by atoms with Crippen molar-refractivity contribution in [1.82, 2.24) is 0 Å². The smallest absolute Gasteiger partial charge is 0.226 e. The van der Waals surface area contributed by atoms with Gasteiger partial charge in [0.05, 0.1) is 12.8 Å². The molecule has 0 aliphatic rings. The van der Waals surface area contributed by atoms with Gasteiger partial charge < -0.3 is 20.3 Å². The number of methoxy groups -OCH3 is 1. The maximum Gasteiger partial charge on any atom is 0.226 e. The predicted octanol–water partition coefficient (Wildman–Crippen LogP) is 3.98. The van der Waals surface area contributed by atoms with Gasteiger partial charge in [-0.1, -0.05) is 12.1 Å². The zero-order chi connectivity index (χ0) is 18.1. The fourth-order valence-electron chi connectivity index (χ4n) is 2.67. The van der Waals surface area contributed by atoms with E-state index >= 15 is 0 Å². The molecule has 2 aromatic rings. The van der Waals surface area contributed by atoms with E-state index in [1.807, 2.05) is 48.5 Å². The van der Waals surface area contributed by atoms with Gasteiger partial charge in [-0.2, -0.15) is 0 Å². The predicted molar refractivity (Wildman–Crippen MR) is 105 cm³/mol. The van der Waals surface area contributed by atoms with E-state index in [4.69, 9.17) is 4.74 Å². The first kappa shape index (κ1) is 18.6. The minimum absolute atomic E-state index is 0.0158. The van der Waals surface area contributed by atoms with Crippen LogP contribution in [0.4, 0.5) is 17.1 Å². The van der Waals surface area contributed by atoms with Crippen molar-refractivity contribution >= 4 is 23.0 Å². The van der Waals surface area contributed by atoms with Gasteiger partial charge in [0, 0.05) is 37.4 Å². The molecule has 5 heteroatoms. The van der Waals surface area contributed by atoms with Crippen LogP contribution in [0.5, 0.6) is 5.75 Å². The molecule has 0 aromatic heterocycles. The molecular formula is C20H27N3O2. The fraction of sp³-hybridized carbons (Fsp3) is 0.350. The SMILES string of the molecule is CCN(CC)c1ccc(NC(=O)CCNc2ccccc2OC)cc1. The zero-order valence-electron chi connectivity index (χ0n) is 15.2. The molecule has 0 aliphatic heterocycles. The van der Waals surface area contributed by atoms with Gasteiger partial charge in [0.1, 0.15) is 5.75 Å². The van der Waals surface area contributed by atoms with E-state index in [1.165, 1.54) is 5.69 Å². The molecule has 0 saturated carbocycles. The van der Waals surface area contributed by atoms with Crippen molar-refractivity contribution in [3.8, 4) is 5.75 Å². The summed E-state index contributed by atoms with van der Waals surface area (Å²) in [6.45, 7) is 6.75. The van der Waals surface area contributed by atoms with Crippen molar-refractivity contribution in [2.24, 2.45) is 0 Å². The summed E-state index contributed by atoms with van der Waals surface area (Å²) < 4.78 is 5.28. The molecule has 5 nitrogen and oxygen atoms in total. The van der Waals surface area contributed by atoms with Gasteiger partial charge in [-0.3, -0.25) is 4.79 Å². The Morgan fingerprint density at radius 3 is 2.36 bits per heavy atom. The van der Waals surface area contributed by atoms with Gasteiger partial charge in [0.15, 0.2) is 0 Å². The van der Waals surface area contributed by atoms with E-state index in [0.717, 1.165) is 30.2 Å². The Hall–Kier alpha value is -2.69. The molecule has 134 valence electrons. The van der Waals surface area contributed by atoms with Crippen LogP contribution in [0.2, 0.25) is 0 Å². The summed E-state index contributed by atoms with van der Waals surface area (Å²) in [7, 11) is 1.63. The quantitative estimate of drug-likeness (QED) is 0.724. The van der Waals surface area contributed by atoms with Gasteiger partial charge in [-0.15, -0.1) is 0 Å². The van der Waals surface area contributed by atoms with Crippen LogP contribution in [0, 0.1) is 0 Å². The molecule has 2 N–H and O–H groups in total. The van der Waals surface area contributed by atoms with Crippen molar-refractivity contribution in [1.29, 1.82) is 0 Å². The van der Waals surface area contributed by atoms with Crippen LogP contribution in [0.3, 0.4) is 0 Å². The molecule has 0 unspecified atom stereocenters. The minimum atomic E-state index is -0.0158. The van der Waals surface area contributed by atoms with Gasteiger partial charge >= 0.3 is 0 Å². The van der Waals surface area contributed by atoms with Crippen LogP contribution < -0.4 is 20.3 Å². The summed E-state index contributed by atoms with van der Waals surface area (Å²) in [4.78, 5) is 14.4. The van der Waals surface area contributed by atoms with Gasteiger partial charge in [-0.05, 0) is 50.2 Å². The first-order valence-electron chi connectivity index (χ1n) is 8.69. The van der Waals surface area contributed by atoms with Crippen molar-refractivity contribution in [2.75, 3.05) is 42.3 Å². The number of nitrogens with one attached hydrogen (secondary N) is 2. The number of hydrogen-bond acceptors (Lipinski definition) is 4. The lowest BCUT2D eigenvalue weighted by atomic mass is 10.2. The number of carbonyl (C=O) groups is 1. The Morgan fingerprint density at radius 1 is 1.04 bits per heavy atom. The summed E-state index contributed by atoms with van der Waals surface area (Å²) in [6.07, 6.45) is 0.385. The second-order valence-electron chi connectivity index (χ2n) is 5.64. The van der Waals surface area contributed by atoms with Gasteiger partial charge in [0.25, 0.3) is 0 Å². The number of nitrogens with zero attached hydrogens (tertiary/aromatic N) is 1. The molecule has 1 amide bonds. The van der Waals surface area contributed by atoms with Crippen LogP contribution in [-0.2, 0) is 4.79 Å². The number of benzene rings is 2. The van der Waals surface area contributed by atoms with Crippen molar-refractivity contribution in [3.05, 3.63) is 48.5 Å². The first-order chi connectivity index (χ1) is 12.2. The lowest BCUT2D eigenvalue weighted by molar-refractivity contribution is -0.115. The lowest BCUT2D eigenvalue weighted by Crippen LogP contribution is -2.21. The summed E-state index contributed by atoms with van der Waals surface area (Å²) in [5.41, 5.74) is 2.88. The molecular weight excluding hydrogens is 314 g/mol. The number of para-hydroxylation sites is 2. The Kier molecular flexibility index (Phi) is 7.14. The van der Waals surface area contributed by atoms with Crippen LogP contribution in [-0.4, -0.2) is 32.7 Å². The molecule has 0 atom stereocenters. The molecule has 2 aromatic carbocycles. The third-order valence-electron chi connectivity index (χ3n) is 4.05. The highest BCUT2D eigenvalue weighted by Crippen LogP contribution is 2.23. The maximum absolute atomic E-state index is 12.1. The number of carbonyl (C=O) groups excluding carboxylic acids is 1. The zero-order valence-corrected chi connectivity index (χ0v) is 15.2. The van der Waals surface area contributed by atoms with E-state index in [9.17, 15) is 4.79 Å². The van der Waals surface area contributed by atoms with E-state index in [1.54, 1.807) is 7.11 Å². The molecule has 0 fully saturated rings. The molecule has 0 aliphatic carbocycles. The number of rotatable bonds is 9. The lowest BCUT2D eigenvalue weighted by Gasteiger charge is -2.21. The van der Waals surface area contributed by atoms with E-state index in [0.29, 0.717) is 13.0 Å². The number of amides is 1. The first-order valence-corrected chi connectivity index (χ1v) is 8.69. The standard InChI is InChI=1S/C20H27N3O2/c1-4-23(5-2)17-12-10-16(11-13-17)22-20(24)14-15-21-18-8-6-7-9-19(18)25-3/h6-13,21H,4-5,14-15H2,1-3H3,(H,22,24). The summed E-state index contributed by atoms with van der Waals surface area (Å²) in [6, 6.07) is 15.6. The average Bonchev–Trinajstić information content (AvgIpc) is 2.64. The maximum atomic E-state index is 12.1. The fourth-order valence-corrected chi connectivity index (χ4v) is 2.67. The van der Waals surface area contributed by atoms with E-state index < -0.39 is 0 Å². The van der Waals surface area contributed by atoms with Crippen LogP contribution in [0.1, 0.15) is 20.3 Å². The average molecular weight is 341 g/mol. The number of hydrogen-bond donors (Lipinski definition) is 2. The van der Waals surface area contributed by atoms with Gasteiger partial charge in [-0.25, -0.2) is 0 Å². The molecule has 0 bridgehead atoms. The van der Waals surface area contributed by atoms with Crippen LogP contribution in [0.15, 0.2) is 48.5 Å². The van der Waals surface area contributed by atoms with Crippen molar-refractivity contribution in [3.63, 3.8) is 0 Å². The second kappa shape index (κ2) is 9.57. The van der Waals surface area contributed by atoms with E-state index in [-0.39, 0.29) is 5.91 Å². The largest absolute Gasteiger partial charge is 0.495 e. The number of anilines is 3. The highest BCUT2D eigenvalue weighted by Gasteiger charge is 2.06. The highest BCUT2D eigenvalue weighted by atomic mass is 16.5. The third kappa shape index (κ3) is 5.41. The van der Waals surface area contributed by atoms with Crippen LogP contribution >= 0.6 is 0 Å².